The van der Waals surface area contributed by atoms with E-state index in [9.17, 15) is 28.8 Å². The molecule has 6 aromatic rings. The molecular formula is C64H93ClN18O10. The van der Waals surface area contributed by atoms with Gasteiger partial charge in [-0.05, 0) is 184 Å². The lowest BCUT2D eigenvalue weighted by Crippen LogP contribution is -2.24. The van der Waals surface area contributed by atoms with Crippen LogP contribution in [-0.4, -0.2) is 142 Å². The number of halogens is 1. The minimum atomic E-state index is -0.660. The molecule has 0 atom stereocenters. The molecule has 3 aliphatic carbocycles. The predicted octanol–water partition coefficient (Wildman–Crippen LogP) is 11.9. The first-order valence-electron chi connectivity index (χ1n) is 33.2. The molecule has 0 radical (unpaired) electrons. The minimum absolute atomic E-state index is 0.00264. The number of nitrogen functional groups attached to an aromatic ring is 1. The number of aromatic nitrogens is 15. The van der Waals surface area contributed by atoms with Crippen LogP contribution < -0.4 is 16.4 Å². The Morgan fingerprint density at radius 3 is 1.09 bits per heavy atom. The predicted molar refractivity (Wildman–Crippen MR) is 346 cm³/mol. The van der Waals surface area contributed by atoms with Gasteiger partial charge in [-0.2, -0.15) is 15.3 Å². The molecule has 2 amide bonds. The number of anilines is 3. The van der Waals surface area contributed by atoms with E-state index in [1.165, 1.54) is 32.1 Å². The molecule has 506 valence electrons. The zero-order valence-corrected chi connectivity index (χ0v) is 55.0. The first kappa shape index (κ1) is 73.8. The second kappa shape index (κ2) is 42.8. The first-order chi connectivity index (χ1) is 45.2. The number of hydrogen-bond donors (Lipinski definition) is 3. The Kier molecular flexibility index (Phi) is 33.9. The number of ether oxygens (including phenoxy) is 4. The Labute approximate surface area is 548 Å². The maximum Gasteiger partial charge on any atom is 0.413 e. The van der Waals surface area contributed by atoms with Gasteiger partial charge in [-0.15, -0.1) is 30.6 Å². The SMILES string of the molecule is C1CCOC1.CCC(=O)c1cn(CCCCc2ccc(N)nn2)nn1.CCC(=O)c1cn(CCCCc2ccc(NC(=O)OC3CCCCC3)nn2)nn1.CCC(=O)c1cn(CCCCc2ccc(NC(=O)OC3CCCCC3)nn2)nn1.O=C(Cl)OC1CCCCC1. The number of carbonyl (C=O) groups is 6. The van der Waals surface area contributed by atoms with Crippen LogP contribution in [0.3, 0.4) is 0 Å². The van der Waals surface area contributed by atoms with Gasteiger partial charge in [0.15, 0.2) is 29.0 Å². The molecule has 3 saturated carbocycles. The molecule has 28 nitrogen and oxygen atoms in total. The molecule has 4 fully saturated rings. The Balaban J connectivity index is 0.000000201. The number of Topliss-reactive ketones (excluding diaryl/α,β-unsaturated/α-hetero) is 3. The van der Waals surface area contributed by atoms with E-state index in [2.05, 4.69) is 72.2 Å². The lowest BCUT2D eigenvalue weighted by Gasteiger charge is -2.21. The van der Waals surface area contributed by atoms with Crippen LogP contribution in [0.25, 0.3) is 0 Å². The minimum Gasteiger partial charge on any atom is -0.450 e. The molecule has 0 bridgehead atoms. The summed E-state index contributed by atoms with van der Waals surface area (Å²) in [6.45, 7) is 9.57. The average Bonchev–Trinajstić information content (AvgIpc) is 4.25. The van der Waals surface area contributed by atoms with Crippen LogP contribution in [0, 0.1) is 0 Å². The summed E-state index contributed by atoms with van der Waals surface area (Å²) in [7, 11) is 0. The summed E-state index contributed by atoms with van der Waals surface area (Å²) in [6, 6.07) is 10.8. The van der Waals surface area contributed by atoms with Crippen molar-refractivity contribution >= 4 is 64.0 Å². The van der Waals surface area contributed by atoms with Crippen molar-refractivity contribution < 1.29 is 47.7 Å². The van der Waals surface area contributed by atoms with Crippen LogP contribution >= 0.6 is 11.6 Å². The fraction of sp³-hybridized carbons (Fsp3) is 0.625. The molecule has 1 saturated heterocycles. The van der Waals surface area contributed by atoms with E-state index in [-0.39, 0.29) is 35.7 Å². The Hall–Kier alpha value is -8.27. The first-order valence-corrected chi connectivity index (χ1v) is 33.6. The quantitative estimate of drug-likeness (QED) is 0.0196. The molecular weight excluding hydrogens is 1220 g/mol. The van der Waals surface area contributed by atoms with Crippen molar-refractivity contribution in [1.82, 2.24) is 75.6 Å². The summed E-state index contributed by atoms with van der Waals surface area (Å²) in [5.74, 6) is 1.25. The molecule has 1 aliphatic heterocycles. The molecule has 7 heterocycles. The average molecular weight is 1310 g/mol. The molecule has 93 heavy (non-hydrogen) atoms. The van der Waals surface area contributed by atoms with Gasteiger partial charge in [-0.3, -0.25) is 39.1 Å². The van der Waals surface area contributed by atoms with Crippen molar-refractivity contribution in [3.05, 3.63) is 89.2 Å². The number of nitrogens with one attached hydrogen (secondary N) is 2. The smallest absolute Gasteiger partial charge is 0.413 e. The molecule has 29 heteroatoms. The van der Waals surface area contributed by atoms with Crippen molar-refractivity contribution in [1.29, 1.82) is 0 Å². The number of aryl methyl sites for hydroxylation is 6. The summed E-state index contributed by atoms with van der Waals surface area (Å²) in [5.41, 5.74) is 8.74. The number of ketones is 3. The van der Waals surface area contributed by atoms with Crippen LogP contribution in [0.5, 0.6) is 0 Å². The highest BCUT2D eigenvalue weighted by Crippen LogP contribution is 2.23. The van der Waals surface area contributed by atoms with E-state index in [0.717, 1.165) is 172 Å². The number of nitrogens with zero attached hydrogens (tertiary/aromatic N) is 15. The number of amides is 2. The summed E-state index contributed by atoms with van der Waals surface area (Å²) >= 11 is 5.05. The van der Waals surface area contributed by atoms with Gasteiger partial charge in [0, 0.05) is 63.7 Å². The van der Waals surface area contributed by atoms with Gasteiger partial charge in [0.05, 0.1) is 35.7 Å². The third kappa shape index (κ3) is 29.9. The number of carbonyl (C=O) groups excluding carboxylic acids is 6. The highest BCUT2D eigenvalue weighted by Gasteiger charge is 2.21. The molecule has 0 unspecified atom stereocenters. The van der Waals surface area contributed by atoms with E-state index in [0.29, 0.717) is 66.9 Å². The van der Waals surface area contributed by atoms with Crippen molar-refractivity contribution in [3.63, 3.8) is 0 Å². The van der Waals surface area contributed by atoms with E-state index in [4.69, 9.17) is 36.3 Å². The normalized spacial score (nSPS) is 14.8. The van der Waals surface area contributed by atoms with E-state index >= 15 is 0 Å². The number of rotatable bonds is 26. The summed E-state index contributed by atoms with van der Waals surface area (Å²) in [6.07, 6.45) is 32.2. The van der Waals surface area contributed by atoms with E-state index in [1.54, 1.807) is 50.8 Å². The molecule has 4 N–H and O–H groups in total. The maximum absolute atomic E-state index is 11.9. The second-order valence-electron chi connectivity index (χ2n) is 23.1. The summed E-state index contributed by atoms with van der Waals surface area (Å²) < 4.78 is 25.7. The summed E-state index contributed by atoms with van der Waals surface area (Å²) in [4.78, 5) is 68.7. The lowest BCUT2D eigenvalue weighted by molar-refractivity contribution is 0.0857. The second-order valence-corrected chi connectivity index (χ2v) is 23.4. The van der Waals surface area contributed by atoms with Crippen LogP contribution in [0.4, 0.5) is 31.8 Å². The number of nitrogens with two attached hydrogens (primary N) is 1. The molecule has 10 rings (SSSR count). The largest absolute Gasteiger partial charge is 0.450 e. The van der Waals surface area contributed by atoms with Crippen LogP contribution in [0.15, 0.2) is 55.0 Å². The van der Waals surface area contributed by atoms with Gasteiger partial charge in [-0.1, -0.05) is 55.7 Å². The topological polar surface area (TPSA) is 359 Å². The third-order valence-electron chi connectivity index (χ3n) is 15.6. The van der Waals surface area contributed by atoms with Crippen molar-refractivity contribution in [2.24, 2.45) is 0 Å². The Morgan fingerprint density at radius 1 is 0.452 bits per heavy atom. The maximum atomic E-state index is 11.9. The number of unbranched alkanes of at least 4 members (excludes halogenated alkanes) is 3. The van der Waals surface area contributed by atoms with Crippen LogP contribution in [0.1, 0.15) is 236 Å². The van der Waals surface area contributed by atoms with Gasteiger partial charge < -0.3 is 24.7 Å². The van der Waals surface area contributed by atoms with E-state index in [1.807, 2.05) is 39.0 Å². The van der Waals surface area contributed by atoms with Crippen molar-refractivity contribution in [2.45, 2.75) is 245 Å². The van der Waals surface area contributed by atoms with Crippen LogP contribution in [0.2, 0.25) is 0 Å². The lowest BCUT2D eigenvalue weighted by atomic mass is 9.98. The molecule has 4 aliphatic rings. The monoisotopic (exact) mass is 1310 g/mol. The highest BCUT2D eigenvalue weighted by atomic mass is 35.5. The third-order valence-corrected chi connectivity index (χ3v) is 15.7. The fourth-order valence-corrected chi connectivity index (χ4v) is 10.4. The van der Waals surface area contributed by atoms with Gasteiger partial charge in [0.1, 0.15) is 41.2 Å². The van der Waals surface area contributed by atoms with Gasteiger partial charge in [-0.25, -0.2) is 14.4 Å². The summed E-state index contributed by atoms with van der Waals surface area (Å²) in [5, 5.41) is 53.1. The van der Waals surface area contributed by atoms with Gasteiger partial charge >= 0.3 is 17.6 Å². The fourth-order valence-electron chi connectivity index (χ4n) is 10.3. The molecule has 0 aromatic carbocycles. The zero-order chi connectivity index (χ0) is 66.3. The Morgan fingerprint density at radius 2 is 0.796 bits per heavy atom. The standard InChI is InChI=1S/2C20H28N6O3.C13H18N6O.C7H11ClO2.C4H8O/c2*1-2-18(27)17-14-26(25-23-17)13-7-6-8-15-11-12-19(24-22-15)21-20(28)29-16-9-4-3-5-10-16;1-2-12(20)11-9-19(18-16-11)8-4-3-5-10-6-7-13(14)17-15-10;8-7(9)10-6-4-2-1-3-5-6;1-2-4-5-3-1/h2*11-12,14,16H,2-10,13H2,1H3,(H,21,24,28);6-7,9H,2-5,8H2,1H3,(H2,14,17);6H,1-5H2;1-4H2. The molecule has 6 aromatic heterocycles. The Bertz CT molecular complexity index is 2980. The highest BCUT2D eigenvalue weighted by molar-refractivity contribution is 6.61. The van der Waals surface area contributed by atoms with Gasteiger partial charge in [0.2, 0.25) is 0 Å². The van der Waals surface area contributed by atoms with Crippen LogP contribution in [-0.2, 0) is 57.8 Å². The van der Waals surface area contributed by atoms with Gasteiger partial charge in [0.25, 0.3) is 0 Å². The van der Waals surface area contributed by atoms with Crippen molar-refractivity contribution in [2.75, 3.05) is 29.6 Å². The number of hydrogen-bond acceptors (Lipinski definition) is 23. The zero-order valence-electron chi connectivity index (χ0n) is 54.2. The van der Waals surface area contributed by atoms with E-state index < -0.39 is 17.6 Å². The van der Waals surface area contributed by atoms with Crippen molar-refractivity contribution in [3.8, 4) is 0 Å². The molecule has 0 spiro atoms.